The summed E-state index contributed by atoms with van der Waals surface area (Å²) in [5, 5.41) is 4.62. The third-order valence-corrected chi connectivity index (χ3v) is 5.16. The van der Waals surface area contributed by atoms with Crippen molar-refractivity contribution < 1.29 is 4.74 Å². The zero-order chi connectivity index (χ0) is 19.3. The lowest BCUT2D eigenvalue weighted by Crippen LogP contribution is -2.14. The number of fused-ring (bicyclic) bond motifs is 1. The van der Waals surface area contributed by atoms with Crippen molar-refractivity contribution in [2.45, 2.75) is 19.7 Å². The van der Waals surface area contributed by atoms with E-state index in [1.807, 2.05) is 66.7 Å². The molecule has 0 bridgehead atoms. The van der Waals surface area contributed by atoms with Gasteiger partial charge >= 0.3 is 0 Å². The predicted molar refractivity (Wildman–Crippen MR) is 114 cm³/mol. The molecule has 0 fully saturated rings. The highest BCUT2D eigenvalue weighted by Gasteiger charge is 2.09. The first-order valence-electron chi connectivity index (χ1n) is 8.98. The Balaban J connectivity index is 1.40. The van der Waals surface area contributed by atoms with E-state index in [9.17, 15) is 0 Å². The maximum Gasteiger partial charge on any atom is 0.124 e. The summed E-state index contributed by atoms with van der Waals surface area (Å²) in [6.45, 7) is 1.61. The van der Waals surface area contributed by atoms with E-state index >= 15 is 0 Å². The summed E-state index contributed by atoms with van der Waals surface area (Å²) in [4.78, 5) is 7.90. The summed E-state index contributed by atoms with van der Waals surface area (Å²) < 4.78 is 6.00. The summed E-state index contributed by atoms with van der Waals surface area (Å²) >= 11 is 12.5. The lowest BCUT2D eigenvalue weighted by atomic mass is 10.2. The smallest absolute Gasteiger partial charge is 0.124 e. The molecule has 0 unspecified atom stereocenters. The van der Waals surface area contributed by atoms with Gasteiger partial charge < -0.3 is 15.0 Å². The van der Waals surface area contributed by atoms with Gasteiger partial charge in [0, 0.05) is 27.7 Å². The van der Waals surface area contributed by atoms with E-state index in [-0.39, 0.29) is 0 Å². The topological polar surface area (TPSA) is 49.9 Å². The number of nitrogens with one attached hydrogen (secondary N) is 2. The molecule has 0 aliphatic carbocycles. The van der Waals surface area contributed by atoms with Gasteiger partial charge in [-0.25, -0.2) is 4.98 Å². The summed E-state index contributed by atoms with van der Waals surface area (Å²) in [7, 11) is 0. The molecule has 0 spiro atoms. The number of ether oxygens (including phenoxy) is 1. The zero-order valence-corrected chi connectivity index (χ0v) is 16.6. The maximum absolute atomic E-state index is 6.23. The van der Waals surface area contributed by atoms with Crippen molar-refractivity contribution in [3.63, 3.8) is 0 Å². The zero-order valence-electron chi connectivity index (χ0n) is 15.1. The Labute approximate surface area is 173 Å². The van der Waals surface area contributed by atoms with Gasteiger partial charge in [0.15, 0.2) is 0 Å². The standard InChI is InChI=1S/C22H19Cl2N3O/c23-17-7-5-8-18(24)16(17)14-28-21-11-4-1-6-15(21)12-25-13-22-26-19-9-2-3-10-20(19)27-22/h1-11,25H,12-14H2,(H,26,27). The van der Waals surface area contributed by atoms with Gasteiger partial charge in [-0.3, -0.25) is 0 Å². The molecular formula is C22H19Cl2N3O. The number of benzene rings is 3. The van der Waals surface area contributed by atoms with Crippen LogP contribution in [0, 0.1) is 0 Å². The van der Waals surface area contributed by atoms with E-state index < -0.39 is 0 Å². The highest BCUT2D eigenvalue weighted by Crippen LogP contribution is 2.27. The van der Waals surface area contributed by atoms with Crippen LogP contribution < -0.4 is 10.1 Å². The van der Waals surface area contributed by atoms with Crippen molar-refractivity contribution in [1.29, 1.82) is 0 Å². The molecule has 4 aromatic rings. The van der Waals surface area contributed by atoms with Crippen LogP contribution in [0.1, 0.15) is 17.0 Å². The first kappa shape index (κ1) is 18.8. The molecule has 6 heteroatoms. The fourth-order valence-electron chi connectivity index (χ4n) is 3.02. The highest BCUT2D eigenvalue weighted by atomic mass is 35.5. The second-order valence-corrected chi connectivity index (χ2v) is 7.22. The number of rotatable bonds is 7. The monoisotopic (exact) mass is 411 g/mol. The largest absolute Gasteiger partial charge is 0.488 e. The Morgan fingerprint density at radius 3 is 2.43 bits per heavy atom. The van der Waals surface area contributed by atoms with Gasteiger partial charge in [-0.05, 0) is 30.3 Å². The summed E-state index contributed by atoms with van der Waals surface area (Å²) in [5.41, 5.74) is 3.86. The number of nitrogens with zero attached hydrogens (tertiary/aromatic N) is 1. The van der Waals surface area contributed by atoms with Gasteiger partial charge in [0.05, 0.1) is 17.6 Å². The normalized spacial score (nSPS) is 11.1. The van der Waals surface area contributed by atoms with Crippen molar-refractivity contribution in [3.05, 3.63) is 93.7 Å². The Morgan fingerprint density at radius 2 is 1.61 bits per heavy atom. The molecule has 0 amide bonds. The minimum absolute atomic E-state index is 0.319. The van der Waals surface area contributed by atoms with E-state index in [4.69, 9.17) is 27.9 Å². The van der Waals surface area contributed by atoms with Gasteiger partial charge in [-0.1, -0.05) is 59.6 Å². The Bertz CT molecular complexity index is 1040. The number of para-hydroxylation sites is 3. The van der Waals surface area contributed by atoms with E-state index in [0.717, 1.165) is 33.7 Å². The second-order valence-electron chi connectivity index (χ2n) is 6.40. The molecule has 2 N–H and O–H groups in total. The predicted octanol–water partition coefficient (Wildman–Crippen LogP) is 5.74. The third kappa shape index (κ3) is 4.30. The van der Waals surface area contributed by atoms with E-state index in [2.05, 4.69) is 15.3 Å². The molecule has 0 atom stereocenters. The summed E-state index contributed by atoms with van der Waals surface area (Å²) in [6.07, 6.45) is 0. The number of aromatic nitrogens is 2. The Kier molecular flexibility index (Phi) is 5.81. The molecule has 4 rings (SSSR count). The fourth-order valence-corrected chi connectivity index (χ4v) is 3.52. The van der Waals surface area contributed by atoms with E-state index in [1.165, 1.54) is 0 Å². The molecule has 0 saturated carbocycles. The number of H-pyrrole nitrogens is 1. The number of hydrogen-bond donors (Lipinski definition) is 2. The van der Waals surface area contributed by atoms with Gasteiger partial charge in [0.1, 0.15) is 18.2 Å². The molecule has 0 radical (unpaired) electrons. The minimum Gasteiger partial charge on any atom is -0.488 e. The molecule has 0 aliphatic heterocycles. The number of aromatic amines is 1. The molecule has 0 aliphatic rings. The number of hydrogen-bond acceptors (Lipinski definition) is 3. The van der Waals surface area contributed by atoms with Crippen LogP contribution in [0.15, 0.2) is 66.7 Å². The third-order valence-electron chi connectivity index (χ3n) is 4.45. The molecular weight excluding hydrogens is 393 g/mol. The molecule has 1 heterocycles. The second kappa shape index (κ2) is 8.65. The molecule has 28 heavy (non-hydrogen) atoms. The van der Waals surface area contributed by atoms with Crippen LogP contribution in [0.2, 0.25) is 10.0 Å². The van der Waals surface area contributed by atoms with Crippen molar-refractivity contribution in [2.24, 2.45) is 0 Å². The molecule has 142 valence electrons. The van der Waals surface area contributed by atoms with Gasteiger partial charge in [0.2, 0.25) is 0 Å². The fraction of sp³-hybridized carbons (Fsp3) is 0.136. The summed E-state index contributed by atoms with van der Waals surface area (Å²) in [5.74, 6) is 1.71. The SMILES string of the molecule is Clc1cccc(Cl)c1COc1ccccc1CNCc1nc2ccccc2[nH]1. The van der Waals surface area contributed by atoms with Crippen molar-refractivity contribution in [3.8, 4) is 5.75 Å². The van der Waals surface area contributed by atoms with Crippen molar-refractivity contribution in [2.75, 3.05) is 0 Å². The first-order chi connectivity index (χ1) is 13.7. The van der Waals surface area contributed by atoms with Crippen LogP contribution in [0.5, 0.6) is 5.75 Å². The van der Waals surface area contributed by atoms with E-state index in [1.54, 1.807) is 0 Å². The first-order valence-corrected chi connectivity index (χ1v) is 9.74. The maximum atomic E-state index is 6.23. The Morgan fingerprint density at radius 1 is 0.857 bits per heavy atom. The molecule has 3 aromatic carbocycles. The average Bonchev–Trinajstić information content (AvgIpc) is 3.11. The highest BCUT2D eigenvalue weighted by molar-refractivity contribution is 6.35. The molecule has 1 aromatic heterocycles. The van der Waals surface area contributed by atoms with Gasteiger partial charge in [0.25, 0.3) is 0 Å². The van der Waals surface area contributed by atoms with E-state index in [0.29, 0.717) is 29.7 Å². The molecule has 0 saturated heterocycles. The molecule has 4 nitrogen and oxygen atoms in total. The minimum atomic E-state index is 0.319. The van der Waals surface area contributed by atoms with Crippen LogP contribution in [0.3, 0.4) is 0 Å². The van der Waals surface area contributed by atoms with Gasteiger partial charge in [-0.15, -0.1) is 0 Å². The Hall–Kier alpha value is -2.53. The average molecular weight is 412 g/mol. The quantitative estimate of drug-likeness (QED) is 0.407. The lowest BCUT2D eigenvalue weighted by Gasteiger charge is -2.13. The van der Waals surface area contributed by atoms with Crippen LogP contribution in [0.25, 0.3) is 11.0 Å². The van der Waals surface area contributed by atoms with Crippen LogP contribution in [-0.4, -0.2) is 9.97 Å². The van der Waals surface area contributed by atoms with Crippen LogP contribution >= 0.6 is 23.2 Å². The lowest BCUT2D eigenvalue weighted by molar-refractivity contribution is 0.302. The van der Waals surface area contributed by atoms with Crippen LogP contribution in [0.4, 0.5) is 0 Å². The number of imidazole rings is 1. The van der Waals surface area contributed by atoms with Crippen molar-refractivity contribution >= 4 is 34.2 Å². The van der Waals surface area contributed by atoms with Crippen LogP contribution in [-0.2, 0) is 19.7 Å². The number of halogens is 2. The summed E-state index contributed by atoms with van der Waals surface area (Å²) in [6, 6.07) is 21.4. The van der Waals surface area contributed by atoms with Crippen molar-refractivity contribution in [1.82, 2.24) is 15.3 Å². The van der Waals surface area contributed by atoms with Gasteiger partial charge in [-0.2, -0.15) is 0 Å².